The second-order valence-corrected chi connectivity index (χ2v) is 18.7. The second-order valence-electron chi connectivity index (χ2n) is 18.7. The number of nitrogens with zero attached hydrogens (tertiary/aromatic N) is 2. The summed E-state index contributed by atoms with van der Waals surface area (Å²) in [6.45, 7) is 25.7. The third-order valence-electron chi connectivity index (χ3n) is 10.3. The van der Waals surface area contributed by atoms with Crippen LogP contribution in [0.1, 0.15) is 105 Å². The quantitative estimate of drug-likeness (QED) is 0.162. The van der Waals surface area contributed by atoms with Crippen molar-refractivity contribution in [2.45, 2.75) is 105 Å². The second kappa shape index (κ2) is 17.3. The van der Waals surface area contributed by atoms with E-state index in [1.54, 1.807) is 0 Å². The first kappa shape index (κ1) is 47.0. The first-order valence-electron chi connectivity index (χ1n) is 19.0. The van der Waals surface area contributed by atoms with Gasteiger partial charge in [-0.2, -0.15) is 0 Å². The van der Waals surface area contributed by atoms with Crippen molar-refractivity contribution < 1.29 is 36.4 Å². The Bertz CT molecular complexity index is 2180. The number of benzene rings is 4. The summed E-state index contributed by atoms with van der Waals surface area (Å²) in [6, 6.07) is 36.3. The summed E-state index contributed by atoms with van der Waals surface area (Å²) in [7, 11) is 0. The van der Waals surface area contributed by atoms with E-state index >= 15 is 0 Å². The molecule has 0 saturated carbocycles. The van der Waals surface area contributed by atoms with Gasteiger partial charge < -0.3 is 25.1 Å². The van der Waals surface area contributed by atoms with Gasteiger partial charge in [-0.1, -0.05) is 180 Å². The van der Waals surface area contributed by atoms with Crippen LogP contribution in [0.2, 0.25) is 0 Å². The minimum Gasteiger partial charge on any atom is -0.872 e. The number of pyridine rings is 2. The Balaban J connectivity index is 0.00000290. The van der Waals surface area contributed by atoms with Crippen molar-refractivity contribution in [2.75, 3.05) is 0 Å². The van der Waals surface area contributed by atoms with E-state index < -0.39 is 0 Å². The van der Waals surface area contributed by atoms with Gasteiger partial charge in [0, 0.05) is 11.1 Å². The molecule has 0 bridgehead atoms. The van der Waals surface area contributed by atoms with E-state index in [9.17, 15) is 10.2 Å². The fourth-order valence-electron chi connectivity index (χ4n) is 6.98. The molecule has 0 atom stereocenters. The molecule has 0 fully saturated rings. The predicted octanol–water partition coefficient (Wildman–Crippen LogP) is 13.0. The molecule has 2 aromatic heterocycles. The molecule has 5 heteroatoms. The van der Waals surface area contributed by atoms with Gasteiger partial charge in [-0.05, 0) is 90.4 Å². The van der Waals surface area contributed by atoms with Crippen LogP contribution in [0.15, 0.2) is 109 Å². The largest absolute Gasteiger partial charge is 4.00 e. The Labute approximate surface area is 363 Å². The predicted molar refractivity (Wildman–Crippen MR) is 236 cm³/mol. The van der Waals surface area contributed by atoms with Gasteiger partial charge in [0.05, 0.1) is 22.8 Å². The van der Waals surface area contributed by atoms with E-state index in [4.69, 9.17) is 9.97 Å². The number of rotatable bonds is 5. The molecule has 0 unspecified atom stereocenters. The molecule has 0 aliphatic carbocycles. The van der Waals surface area contributed by atoms with Gasteiger partial charge in [-0.25, -0.2) is 9.97 Å². The number of aromatic nitrogens is 2. The van der Waals surface area contributed by atoms with E-state index in [0.717, 1.165) is 67.3 Å². The first-order valence-corrected chi connectivity index (χ1v) is 19.0. The molecule has 4 nitrogen and oxygen atoms in total. The van der Waals surface area contributed by atoms with Gasteiger partial charge in [0.15, 0.2) is 0 Å². The van der Waals surface area contributed by atoms with Crippen molar-refractivity contribution in [1.29, 1.82) is 0 Å². The van der Waals surface area contributed by atoms with Crippen LogP contribution in [0.25, 0.3) is 56.2 Å². The van der Waals surface area contributed by atoms with Gasteiger partial charge in [-0.3, -0.25) is 0 Å². The summed E-state index contributed by atoms with van der Waals surface area (Å²) in [5, 5.41) is 28.4. The summed E-state index contributed by atoms with van der Waals surface area (Å²) in [5.41, 5.74) is 10.8. The molecule has 0 radical (unpaired) electrons. The standard InChI is InChI=1S/C50H56N2O2.2CH3.Zr/c1-47(2,3)31-27-37(45(53)39(29-31)49(7,8)9)33-19-13-15-21-35(33)41-23-17-25-43(51-41)44-26-18-24-42(52-44)36-22-16-14-20-34(36)38-28-32(48(4,5)6)30-40(46(38)54)50(10,11)12;;;/h13-30,53-54H,1-12H3;2*1H3;/q;2*-1;+4/p-2. The van der Waals surface area contributed by atoms with E-state index in [1.807, 2.05) is 84.9 Å². The molecule has 0 aliphatic rings. The number of hydrogen-bond acceptors (Lipinski definition) is 4. The first-order chi connectivity index (χ1) is 25.1. The molecular formula is C52H60N2O2Zr. The molecule has 0 saturated heterocycles. The summed E-state index contributed by atoms with van der Waals surface area (Å²) in [6.07, 6.45) is 0. The van der Waals surface area contributed by atoms with E-state index in [-0.39, 0.29) is 74.2 Å². The van der Waals surface area contributed by atoms with Crippen LogP contribution in [0.4, 0.5) is 0 Å². The molecule has 0 N–H and O–H groups in total. The summed E-state index contributed by atoms with van der Waals surface area (Å²) in [5.74, 6) is 0.104. The third-order valence-corrected chi connectivity index (χ3v) is 10.3. The Morgan fingerprint density at radius 1 is 0.351 bits per heavy atom. The van der Waals surface area contributed by atoms with Crippen molar-refractivity contribution >= 4 is 0 Å². The maximum atomic E-state index is 14.2. The Morgan fingerprint density at radius 3 is 0.947 bits per heavy atom. The smallest absolute Gasteiger partial charge is 0.872 e. The molecule has 6 aromatic rings. The molecule has 0 spiro atoms. The van der Waals surface area contributed by atoms with Gasteiger partial charge in [0.25, 0.3) is 0 Å². The van der Waals surface area contributed by atoms with Gasteiger partial charge in [-0.15, -0.1) is 0 Å². The molecule has 0 amide bonds. The average Bonchev–Trinajstić information content (AvgIpc) is 3.10. The van der Waals surface area contributed by atoms with Gasteiger partial charge in [0.2, 0.25) is 0 Å². The normalized spacial score (nSPS) is 11.9. The van der Waals surface area contributed by atoms with Gasteiger partial charge in [0.1, 0.15) is 0 Å². The molecule has 294 valence electrons. The van der Waals surface area contributed by atoms with Crippen LogP contribution < -0.4 is 10.2 Å². The molecule has 4 aromatic carbocycles. The number of hydrogen-bond donors (Lipinski definition) is 0. The van der Waals surface area contributed by atoms with Crippen LogP contribution in [0.3, 0.4) is 0 Å². The topological polar surface area (TPSA) is 71.9 Å². The molecule has 0 aliphatic heterocycles. The van der Waals surface area contributed by atoms with Crippen LogP contribution in [-0.2, 0) is 47.9 Å². The molecule has 57 heavy (non-hydrogen) atoms. The summed E-state index contributed by atoms with van der Waals surface area (Å²) < 4.78 is 0. The minimum absolute atomic E-state index is 0. The Morgan fingerprint density at radius 2 is 0.649 bits per heavy atom. The monoisotopic (exact) mass is 834 g/mol. The zero-order valence-electron chi connectivity index (χ0n) is 36.6. The van der Waals surface area contributed by atoms with Crippen molar-refractivity contribution in [3.63, 3.8) is 0 Å². The van der Waals surface area contributed by atoms with E-state index in [0.29, 0.717) is 11.1 Å². The van der Waals surface area contributed by atoms with Crippen molar-refractivity contribution in [3.8, 4) is 67.7 Å². The summed E-state index contributed by atoms with van der Waals surface area (Å²) >= 11 is 0. The Hall–Kier alpha value is -4.34. The summed E-state index contributed by atoms with van der Waals surface area (Å²) in [4.78, 5) is 10.3. The molecular weight excluding hydrogens is 776 g/mol. The molecule has 6 rings (SSSR count). The minimum atomic E-state index is -0.310. The fraction of sp³-hybridized carbons (Fsp3) is 0.308. The molecule has 2 heterocycles. The van der Waals surface area contributed by atoms with Crippen LogP contribution in [0.5, 0.6) is 11.5 Å². The SMILES string of the molecule is CC(C)(C)c1cc(-c2ccccc2-c2cccc(-c3cccc(-c4ccccc4-c4cc(C(C)(C)C)cc(C(C)(C)C)c4[O-])n3)n2)c([O-])c(C(C)(C)C)c1.[CH3-].[CH3-].[Zr+4]. The van der Waals surface area contributed by atoms with Crippen LogP contribution in [0, 0.1) is 14.9 Å². The maximum Gasteiger partial charge on any atom is 4.00 e. The Kier molecular flexibility index (Phi) is 14.2. The zero-order chi connectivity index (χ0) is 39.4. The van der Waals surface area contributed by atoms with Crippen LogP contribution >= 0.6 is 0 Å². The third kappa shape index (κ3) is 9.86. The maximum absolute atomic E-state index is 14.2. The average molecular weight is 836 g/mol. The zero-order valence-corrected chi connectivity index (χ0v) is 39.1. The van der Waals surface area contributed by atoms with Crippen molar-refractivity contribution in [1.82, 2.24) is 9.97 Å². The van der Waals surface area contributed by atoms with E-state index in [1.165, 1.54) is 0 Å². The van der Waals surface area contributed by atoms with Crippen molar-refractivity contribution in [3.05, 3.63) is 146 Å². The fourth-order valence-corrected chi connectivity index (χ4v) is 6.98. The van der Waals surface area contributed by atoms with Gasteiger partial charge >= 0.3 is 26.2 Å². The van der Waals surface area contributed by atoms with Crippen LogP contribution in [-0.4, -0.2) is 9.97 Å². The van der Waals surface area contributed by atoms with Crippen molar-refractivity contribution in [2.24, 2.45) is 0 Å². The van der Waals surface area contributed by atoms with E-state index in [2.05, 4.69) is 107 Å².